The van der Waals surface area contributed by atoms with Crippen LogP contribution in [0.2, 0.25) is 0 Å². The Balaban J connectivity index is 1.68. The fourth-order valence-electron chi connectivity index (χ4n) is 5.79. The van der Waals surface area contributed by atoms with E-state index in [2.05, 4.69) is 9.88 Å². The van der Waals surface area contributed by atoms with Crippen molar-refractivity contribution in [1.29, 1.82) is 0 Å². The van der Waals surface area contributed by atoms with Gasteiger partial charge in [-0.15, -0.1) is 0 Å². The number of aliphatic hydroxyl groups is 1. The molecule has 276 valence electrons. The SMILES string of the molecule is COc1ccc(S(=O)(=O)N(C)C[C@H]2OCCCC[C@@H](C)Oc3ccc(NS(=O)(=O)c4c(C)noc4C)cc3C(=O)N([C@H](C)CO)C[C@@H]2C)cc1. The Kier molecular flexibility index (Phi) is 12.9. The molecule has 2 heterocycles. The summed E-state index contributed by atoms with van der Waals surface area (Å²) in [5.74, 6) is 0.0185. The highest BCUT2D eigenvalue weighted by molar-refractivity contribution is 7.92. The number of sulfonamides is 2. The van der Waals surface area contributed by atoms with Crippen LogP contribution in [0.3, 0.4) is 0 Å². The number of hydrogen-bond donors (Lipinski definition) is 2. The number of aliphatic hydroxyl groups excluding tert-OH is 1. The normalized spacial score (nSPS) is 20.5. The molecule has 1 aliphatic rings. The van der Waals surface area contributed by atoms with E-state index in [-0.39, 0.29) is 64.0 Å². The molecule has 2 aromatic carbocycles. The van der Waals surface area contributed by atoms with Crippen LogP contribution in [0.15, 0.2) is 56.8 Å². The van der Waals surface area contributed by atoms with E-state index in [0.717, 1.165) is 6.42 Å². The summed E-state index contributed by atoms with van der Waals surface area (Å²) in [6.07, 6.45) is 1.16. The average molecular weight is 737 g/mol. The Bertz CT molecular complexity index is 1810. The monoisotopic (exact) mass is 736 g/mol. The second-order valence-electron chi connectivity index (χ2n) is 12.7. The zero-order chi connectivity index (χ0) is 36.8. The van der Waals surface area contributed by atoms with Gasteiger partial charge in [0.1, 0.15) is 17.2 Å². The molecule has 4 atom stereocenters. The standard InChI is InChI=1S/C34H48N4O10S2/c1-22-19-38(23(2)21-39)34(40)30-18-27(36-49(41,42)33-25(4)35-48-26(33)5)11-16-31(30)47-24(3)10-8-9-17-46-32(22)20-37(6)50(43,44)29-14-12-28(45-7)13-15-29/h11-16,18,22-24,32,36,39H,8-10,17,19-21H2,1-7H3/t22-,23+,24+,32+/m0/s1. The number of hydrogen-bond acceptors (Lipinski definition) is 11. The Morgan fingerprint density at radius 2 is 1.80 bits per heavy atom. The summed E-state index contributed by atoms with van der Waals surface area (Å²) in [6.45, 7) is 8.56. The lowest BCUT2D eigenvalue weighted by Gasteiger charge is -2.35. The van der Waals surface area contributed by atoms with Crippen LogP contribution in [0.1, 0.15) is 61.8 Å². The van der Waals surface area contributed by atoms with Crippen LogP contribution < -0.4 is 14.2 Å². The van der Waals surface area contributed by atoms with Crippen molar-refractivity contribution in [2.45, 2.75) is 81.9 Å². The maximum atomic E-state index is 14.4. The number of fused-ring (bicyclic) bond motifs is 1. The molecule has 0 saturated carbocycles. The molecule has 2 N–H and O–H groups in total. The minimum absolute atomic E-state index is 0.00873. The highest BCUT2D eigenvalue weighted by Crippen LogP contribution is 2.31. The second-order valence-corrected chi connectivity index (χ2v) is 16.4. The molecule has 16 heteroatoms. The Hall–Kier alpha value is -3.70. The third kappa shape index (κ3) is 9.15. The summed E-state index contributed by atoms with van der Waals surface area (Å²) >= 11 is 0. The van der Waals surface area contributed by atoms with Gasteiger partial charge in [0.05, 0.1) is 42.4 Å². The molecule has 0 bridgehead atoms. The molecule has 0 radical (unpaired) electrons. The first-order valence-corrected chi connectivity index (χ1v) is 19.4. The first-order valence-electron chi connectivity index (χ1n) is 16.5. The molecule has 0 unspecified atom stereocenters. The minimum Gasteiger partial charge on any atom is -0.497 e. The van der Waals surface area contributed by atoms with E-state index < -0.39 is 44.0 Å². The van der Waals surface area contributed by atoms with Gasteiger partial charge in [-0.2, -0.15) is 4.31 Å². The van der Waals surface area contributed by atoms with E-state index in [1.807, 2.05) is 13.8 Å². The van der Waals surface area contributed by atoms with Gasteiger partial charge in [-0.25, -0.2) is 16.8 Å². The maximum Gasteiger partial charge on any atom is 0.267 e. The van der Waals surface area contributed by atoms with Gasteiger partial charge in [-0.05, 0) is 89.4 Å². The number of aryl methyl sites for hydroxylation is 2. The molecular weight excluding hydrogens is 689 g/mol. The predicted molar refractivity (Wildman–Crippen MR) is 186 cm³/mol. The van der Waals surface area contributed by atoms with Gasteiger partial charge in [0.2, 0.25) is 10.0 Å². The minimum atomic E-state index is -4.12. The number of anilines is 1. The lowest BCUT2D eigenvalue weighted by Crippen LogP contribution is -2.48. The van der Waals surface area contributed by atoms with E-state index in [1.54, 1.807) is 25.1 Å². The van der Waals surface area contributed by atoms with Crippen LogP contribution in [0, 0.1) is 19.8 Å². The number of carbonyl (C=O) groups excluding carboxylic acids is 1. The molecule has 1 aliphatic heterocycles. The van der Waals surface area contributed by atoms with Crippen LogP contribution >= 0.6 is 0 Å². The van der Waals surface area contributed by atoms with Gasteiger partial charge < -0.3 is 28.7 Å². The fourth-order valence-corrected chi connectivity index (χ4v) is 8.36. The molecule has 3 aromatic rings. The molecule has 0 saturated heterocycles. The van der Waals surface area contributed by atoms with E-state index in [0.29, 0.717) is 25.2 Å². The number of nitrogens with zero attached hydrogens (tertiary/aromatic N) is 3. The third-order valence-electron chi connectivity index (χ3n) is 8.75. The van der Waals surface area contributed by atoms with Gasteiger partial charge in [-0.1, -0.05) is 12.1 Å². The number of likely N-dealkylation sites (N-methyl/N-ethyl adjacent to an activating group) is 1. The summed E-state index contributed by atoms with van der Waals surface area (Å²) in [6, 6.07) is 9.95. The van der Waals surface area contributed by atoms with Gasteiger partial charge in [0.25, 0.3) is 15.9 Å². The van der Waals surface area contributed by atoms with Crippen molar-refractivity contribution in [3.05, 3.63) is 59.5 Å². The molecule has 0 spiro atoms. The highest BCUT2D eigenvalue weighted by atomic mass is 32.2. The number of ether oxygens (including phenoxy) is 3. The van der Waals surface area contributed by atoms with E-state index in [1.165, 1.54) is 61.5 Å². The molecule has 1 amide bonds. The van der Waals surface area contributed by atoms with Gasteiger partial charge in [0.15, 0.2) is 10.7 Å². The Morgan fingerprint density at radius 1 is 1.10 bits per heavy atom. The van der Waals surface area contributed by atoms with Crippen molar-refractivity contribution < 1.29 is 45.5 Å². The van der Waals surface area contributed by atoms with Crippen LogP contribution in [-0.2, 0) is 24.8 Å². The average Bonchev–Trinajstić information content (AvgIpc) is 3.43. The number of carbonyl (C=O) groups is 1. The van der Waals surface area contributed by atoms with Crippen molar-refractivity contribution in [1.82, 2.24) is 14.4 Å². The van der Waals surface area contributed by atoms with Crippen LogP contribution in [0.5, 0.6) is 11.5 Å². The molecule has 4 rings (SSSR count). The van der Waals surface area contributed by atoms with Gasteiger partial charge >= 0.3 is 0 Å². The van der Waals surface area contributed by atoms with E-state index in [4.69, 9.17) is 18.7 Å². The van der Waals surface area contributed by atoms with Crippen LogP contribution in [-0.4, -0.2) is 101 Å². The fraction of sp³-hybridized carbons (Fsp3) is 0.529. The number of rotatable bonds is 10. The number of methoxy groups -OCH3 is 1. The maximum absolute atomic E-state index is 14.4. The zero-order valence-electron chi connectivity index (χ0n) is 29.6. The summed E-state index contributed by atoms with van der Waals surface area (Å²) in [7, 11) is -5.02. The van der Waals surface area contributed by atoms with Gasteiger partial charge in [-0.3, -0.25) is 9.52 Å². The van der Waals surface area contributed by atoms with Gasteiger partial charge in [0, 0.05) is 38.3 Å². The summed E-state index contributed by atoms with van der Waals surface area (Å²) in [4.78, 5) is 15.9. The Labute approximate surface area is 294 Å². The van der Waals surface area contributed by atoms with Crippen LogP contribution in [0.25, 0.3) is 0 Å². The summed E-state index contributed by atoms with van der Waals surface area (Å²) in [5.41, 5.74) is 0.403. The van der Waals surface area contributed by atoms with Crippen LogP contribution in [0.4, 0.5) is 5.69 Å². The molecule has 0 fully saturated rings. The topological polar surface area (TPSA) is 178 Å². The number of aromatic nitrogens is 1. The molecule has 50 heavy (non-hydrogen) atoms. The number of benzene rings is 2. The van der Waals surface area contributed by atoms with E-state index in [9.17, 15) is 26.7 Å². The second kappa shape index (κ2) is 16.5. The van der Waals surface area contributed by atoms with Crippen molar-refractivity contribution in [2.24, 2.45) is 5.92 Å². The predicted octanol–water partition coefficient (Wildman–Crippen LogP) is 4.22. The number of nitrogens with one attached hydrogen (secondary N) is 1. The molecule has 1 aromatic heterocycles. The Morgan fingerprint density at radius 3 is 2.42 bits per heavy atom. The van der Waals surface area contributed by atoms with Crippen molar-refractivity contribution in [3.8, 4) is 11.5 Å². The quantitative estimate of drug-likeness (QED) is 0.305. The van der Waals surface area contributed by atoms with Crippen molar-refractivity contribution >= 4 is 31.6 Å². The third-order valence-corrected chi connectivity index (χ3v) is 12.2. The van der Waals surface area contributed by atoms with Crippen molar-refractivity contribution in [2.75, 3.05) is 45.2 Å². The molecule has 0 aliphatic carbocycles. The smallest absolute Gasteiger partial charge is 0.267 e. The highest BCUT2D eigenvalue weighted by Gasteiger charge is 2.33. The first-order chi connectivity index (χ1) is 23.6. The molecule has 14 nitrogen and oxygen atoms in total. The summed E-state index contributed by atoms with van der Waals surface area (Å²) in [5, 5.41) is 14.0. The van der Waals surface area contributed by atoms with E-state index >= 15 is 0 Å². The number of amides is 1. The largest absolute Gasteiger partial charge is 0.497 e. The lowest BCUT2D eigenvalue weighted by atomic mass is 10.0. The van der Waals surface area contributed by atoms with Crippen molar-refractivity contribution in [3.63, 3.8) is 0 Å². The zero-order valence-corrected chi connectivity index (χ0v) is 31.2. The summed E-state index contributed by atoms with van der Waals surface area (Å²) < 4.78 is 80.2. The first kappa shape index (κ1) is 39.1. The molecular formula is C34H48N4O10S2. The lowest BCUT2D eigenvalue weighted by molar-refractivity contribution is -0.00834.